The van der Waals surface area contributed by atoms with E-state index in [9.17, 15) is 4.79 Å². The van der Waals surface area contributed by atoms with Crippen LogP contribution in [0, 0.1) is 6.92 Å². The van der Waals surface area contributed by atoms with E-state index in [4.69, 9.17) is 34.8 Å². The van der Waals surface area contributed by atoms with Gasteiger partial charge in [-0.25, -0.2) is 4.98 Å². The largest absolute Gasteiger partial charge is 0.325 e. The lowest BCUT2D eigenvalue weighted by Crippen LogP contribution is -2.13. The third kappa shape index (κ3) is 5.87. The van der Waals surface area contributed by atoms with Crippen molar-refractivity contribution >= 4 is 69.5 Å². The number of carbonyl (C=O) groups excluding carboxylic acids is 1. The van der Waals surface area contributed by atoms with Crippen molar-refractivity contribution < 1.29 is 4.79 Å². The fraction of sp³-hybridized carbons (Fsp3) is 0.158. The van der Waals surface area contributed by atoms with E-state index in [0.29, 0.717) is 21.5 Å². The summed E-state index contributed by atoms with van der Waals surface area (Å²) in [5.41, 5.74) is 2.63. The van der Waals surface area contributed by atoms with Crippen molar-refractivity contribution in [3.63, 3.8) is 0 Å². The standard InChI is InChI=1S/C19H15Cl3N2OS2/c1-11-17(9-12-8-14(21)4-7-16(12)22)27-19(23-11)26-10-18(25)24-15-5-2-13(20)3-6-15/h2-8H,9-10H2,1H3,(H,24,25). The molecule has 3 nitrogen and oxygen atoms in total. The summed E-state index contributed by atoms with van der Waals surface area (Å²) in [7, 11) is 0. The van der Waals surface area contributed by atoms with Gasteiger partial charge in [0.15, 0.2) is 4.34 Å². The Morgan fingerprint density at radius 3 is 2.56 bits per heavy atom. The van der Waals surface area contributed by atoms with Gasteiger partial charge in [0.1, 0.15) is 0 Å². The molecule has 0 bridgehead atoms. The number of nitrogens with one attached hydrogen (secondary N) is 1. The van der Waals surface area contributed by atoms with Crippen molar-refractivity contribution in [3.05, 3.63) is 73.7 Å². The molecule has 0 fully saturated rings. The molecule has 0 unspecified atom stereocenters. The number of hydrogen-bond donors (Lipinski definition) is 1. The van der Waals surface area contributed by atoms with Crippen LogP contribution in [0.4, 0.5) is 5.69 Å². The molecule has 1 aromatic heterocycles. The van der Waals surface area contributed by atoms with Crippen LogP contribution in [-0.4, -0.2) is 16.6 Å². The number of thiazole rings is 1. The van der Waals surface area contributed by atoms with E-state index in [1.54, 1.807) is 47.7 Å². The lowest BCUT2D eigenvalue weighted by molar-refractivity contribution is -0.113. The second kappa shape index (κ2) is 9.30. The summed E-state index contributed by atoms with van der Waals surface area (Å²) in [5.74, 6) is 0.196. The fourth-order valence-corrected chi connectivity index (χ4v) is 4.90. The van der Waals surface area contributed by atoms with Gasteiger partial charge in [-0.3, -0.25) is 4.79 Å². The minimum atomic E-state index is -0.0883. The molecule has 0 atom stereocenters. The Bertz CT molecular complexity index is 958. The Labute approximate surface area is 181 Å². The summed E-state index contributed by atoms with van der Waals surface area (Å²) in [4.78, 5) is 17.8. The van der Waals surface area contributed by atoms with Crippen molar-refractivity contribution in [3.8, 4) is 0 Å². The lowest BCUT2D eigenvalue weighted by Gasteiger charge is -2.04. The van der Waals surface area contributed by atoms with Crippen LogP contribution in [0.15, 0.2) is 46.8 Å². The van der Waals surface area contributed by atoms with Gasteiger partial charge in [-0.15, -0.1) is 11.3 Å². The molecule has 0 saturated carbocycles. The number of hydrogen-bond acceptors (Lipinski definition) is 4. The summed E-state index contributed by atoms with van der Waals surface area (Å²) in [6.07, 6.45) is 0.667. The average Bonchev–Trinajstić information content (AvgIpc) is 2.98. The van der Waals surface area contributed by atoms with Crippen molar-refractivity contribution in [1.29, 1.82) is 0 Å². The molecular formula is C19H15Cl3N2OS2. The van der Waals surface area contributed by atoms with Crippen LogP contribution >= 0.6 is 57.9 Å². The number of anilines is 1. The smallest absolute Gasteiger partial charge is 0.234 e. The number of aryl methyl sites for hydroxylation is 1. The molecular weight excluding hydrogens is 443 g/mol. The Kier molecular flexibility index (Phi) is 7.06. The quantitative estimate of drug-likeness (QED) is 0.417. The Hall–Kier alpha value is -1.24. The van der Waals surface area contributed by atoms with Crippen molar-refractivity contribution in [2.45, 2.75) is 17.7 Å². The van der Waals surface area contributed by atoms with Crippen molar-refractivity contribution in [2.75, 3.05) is 11.1 Å². The monoisotopic (exact) mass is 456 g/mol. The molecule has 0 saturated heterocycles. The molecule has 0 aliphatic carbocycles. The van der Waals surface area contributed by atoms with E-state index >= 15 is 0 Å². The number of carbonyl (C=O) groups is 1. The first kappa shape index (κ1) is 20.5. The van der Waals surface area contributed by atoms with Crippen LogP contribution in [-0.2, 0) is 11.2 Å². The predicted octanol–water partition coefficient (Wildman–Crippen LogP) is 6.73. The Balaban J connectivity index is 1.60. The number of benzene rings is 2. The summed E-state index contributed by atoms with van der Waals surface area (Å²) in [5, 5.41) is 4.81. The molecule has 2 aromatic carbocycles. The molecule has 3 aromatic rings. The molecule has 1 N–H and O–H groups in total. The summed E-state index contributed by atoms with van der Waals surface area (Å²) >= 11 is 21.1. The second-order valence-corrected chi connectivity index (χ2v) is 9.33. The maximum absolute atomic E-state index is 12.1. The number of halogens is 3. The molecule has 1 amide bonds. The molecule has 0 aliphatic heterocycles. The highest BCUT2D eigenvalue weighted by molar-refractivity contribution is 8.01. The Morgan fingerprint density at radius 1 is 1.11 bits per heavy atom. The van der Waals surface area contributed by atoms with Crippen LogP contribution < -0.4 is 5.32 Å². The van der Waals surface area contributed by atoms with Crippen LogP contribution in [0.2, 0.25) is 15.1 Å². The molecule has 8 heteroatoms. The van der Waals surface area contributed by atoms with Gasteiger partial charge < -0.3 is 5.32 Å². The highest BCUT2D eigenvalue weighted by Gasteiger charge is 2.13. The highest BCUT2D eigenvalue weighted by Crippen LogP contribution is 2.31. The van der Waals surface area contributed by atoms with Crippen LogP contribution in [0.3, 0.4) is 0 Å². The van der Waals surface area contributed by atoms with Gasteiger partial charge in [0.05, 0.1) is 11.4 Å². The Morgan fingerprint density at radius 2 is 1.81 bits per heavy atom. The van der Waals surface area contributed by atoms with Gasteiger partial charge in [0, 0.05) is 32.1 Å². The van der Waals surface area contributed by atoms with Crippen LogP contribution in [0.1, 0.15) is 16.1 Å². The van der Waals surface area contributed by atoms with E-state index < -0.39 is 0 Å². The van der Waals surface area contributed by atoms with Gasteiger partial charge in [0.2, 0.25) is 5.91 Å². The number of aromatic nitrogens is 1. The van der Waals surface area contributed by atoms with E-state index in [1.165, 1.54) is 11.8 Å². The maximum Gasteiger partial charge on any atom is 0.234 e. The maximum atomic E-state index is 12.1. The van der Waals surface area contributed by atoms with Gasteiger partial charge >= 0.3 is 0 Å². The number of nitrogens with zero attached hydrogens (tertiary/aromatic N) is 1. The van der Waals surface area contributed by atoms with Crippen LogP contribution in [0.5, 0.6) is 0 Å². The van der Waals surface area contributed by atoms with E-state index in [0.717, 1.165) is 26.2 Å². The highest BCUT2D eigenvalue weighted by atomic mass is 35.5. The van der Waals surface area contributed by atoms with Crippen molar-refractivity contribution in [2.24, 2.45) is 0 Å². The minimum Gasteiger partial charge on any atom is -0.325 e. The topological polar surface area (TPSA) is 42.0 Å². The first-order valence-corrected chi connectivity index (χ1v) is 10.9. The fourth-order valence-electron chi connectivity index (χ4n) is 2.34. The van der Waals surface area contributed by atoms with E-state index in [-0.39, 0.29) is 11.7 Å². The molecule has 0 aliphatic rings. The normalized spacial score (nSPS) is 10.8. The molecule has 27 heavy (non-hydrogen) atoms. The third-order valence-electron chi connectivity index (χ3n) is 3.69. The number of rotatable bonds is 6. The zero-order valence-corrected chi connectivity index (χ0v) is 18.2. The lowest BCUT2D eigenvalue weighted by atomic mass is 10.1. The average molecular weight is 458 g/mol. The molecule has 3 rings (SSSR count). The zero-order chi connectivity index (χ0) is 19.4. The zero-order valence-electron chi connectivity index (χ0n) is 14.3. The second-order valence-electron chi connectivity index (χ2n) is 5.74. The van der Waals surface area contributed by atoms with Crippen molar-refractivity contribution in [1.82, 2.24) is 4.98 Å². The molecule has 0 spiro atoms. The van der Waals surface area contributed by atoms with Gasteiger partial charge in [-0.2, -0.15) is 0 Å². The van der Waals surface area contributed by atoms with Gasteiger partial charge in [-0.1, -0.05) is 46.6 Å². The van der Waals surface area contributed by atoms with Crippen LogP contribution in [0.25, 0.3) is 0 Å². The summed E-state index contributed by atoms with van der Waals surface area (Å²) in [6, 6.07) is 12.5. The number of thioether (sulfide) groups is 1. The SMILES string of the molecule is Cc1nc(SCC(=O)Nc2ccc(Cl)cc2)sc1Cc1cc(Cl)ccc1Cl. The summed E-state index contributed by atoms with van der Waals surface area (Å²) in [6.45, 7) is 1.96. The van der Waals surface area contributed by atoms with E-state index in [2.05, 4.69) is 10.3 Å². The van der Waals surface area contributed by atoms with Gasteiger partial charge in [-0.05, 0) is 55.0 Å². The minimum absolute atomic E-state index is 0.0883. The number of amides is 1. The van der Waals surface area contributed by atoms with Gasteiger partial charge in [0.25, 0.3) is 0 Å². The molecule has 140 valence electrons. The third-order valence-corrected chi connectivity index (χ3v) is 6.84. The predicted molar refractivity (Wildman–Crippen MR) is 117 cm³/mol. The first-order valence-electron chi connectivity index (χ1n) is 7.99. The molecule has 1 heterocycles. The van der Waals surface area contributed by atoms with E-state index in [1.807, 2.05) is 13.0 Å². The first-order chi connectivity index (χ1) is 12.9. The molecule has 0 radical (unpaired) electrons. The summed E-state index contributed by atoms with van der Waals surface area (Å²) < 4.78 is 0.854.